The van der Waals surface area contributed by atoms with Crippen molar-refractivity contribution in [3.8, 4) is 28.3 Å². The van der Waals surface area contributed by atoms with Crippen molar-refractivity contribution < 1.29 is 4.42 Å². The molecule has 39 heavy (non-hydrogen) atoms. The van der Waals surface area contributed by atoms with E-state index >= 15 is 0 Å². The Labute approximate surface area is 225 Å². The number of rotatable bonds is 2. The van der Waals surface area contributed by atoms with Crippen LogP contribution in [0.5, 0.6) is 0 Å². The number of nitriles is 1. The van der Waals surface area contributed by atoms with E-state index in [2.05, 4.69) is 103 Å². The van der Waals surface area contributed by atoms with E-state index in [1.165, 1.54) is 37.9 Å². The number of fused-ring (bicyclic) bond motifs is 9. The predicted molar refractivity (Wildman–Crippen MR) is 162 cm³/mol. The molecular formula is C37H21NO. The summed E-state index contributed by atoms with van der Waals surface area (Å²) >= 11 is 0. The van der Waals surface area contributed by atoms with Gasteiger partial charge in [0.05, 0.1) is 11.6 Å². The minimum absolute atomic E-state index is 0.647. The monoisotopic (exact) mass is 495 g/mol. The lowest BCUT2D eigenvalue weighted by molar-refractivity contribution is 0.669. The van der Waals surface area contributed by atoms with E-state index in [0.29, 0.717) is 5.56 Å². The summed E-state index contributed by atoms with van der Waals surface area (Å²) in [6.07, 6.45) is 0. The first kappa shape index (κ1) is 21.7. The largest absolute Gasteiger partial charge is 0.456 e. The van der Waals surface area contributed by atoms with Crippen LogP contribution in [0.1, 0.15) is 5.56 Å². The summed E-state index contributed by atoms with van der Waals surface area (Å²) in [5.41, 5.74) is 6.74. The number of hydrogen-bond donors (Lipinski definition) is 0. The highest BCUT2D eigenvalue weighted by Crippen LogP contribution is 2.40. The number of nitrogens with zero attached hydrogens (tertiary/aromatic N) is 1. The molecular weight excluding hydrogens is 474 g/mol. The number of benzene rings is 7. The predicted octanol–water partition coefficient (Wildman–Crippen LogP) is 10.3. The fraction of sp³-hybridized carbons (Fsp3) is 0. The second kappa shape index (κ2) is 8.31. The highest BCUT2D eigenvalue weighted by atomic mass is 16.3. The van der Waals surface area contributed by atoms with Crippen molar-refractivity contribution in [1.82, 2.24) is 0 Å². The lowest BCUT2D eigenvalue weighted by atomic mass is 9.91. The molecule has 0 spiro atoms. The third-order valence-corrected chi connectivity index (χ3v) is 7.88. The van der Waals surface area contributed by atoms with E-state index in [4.69, 9.17) is 4.42 Å². The van der Waals surface area contributed by atoms with Gasteiger partial charge in [-0.05, 0) is 91.0 Å². The van der Waals surface area contributed by atoms with E-state index in [9.17, 15) is 5.26 Å². The Bertz CT molecular complexity index is 2260. The Morgan fingerprint density at radius 2 is 1.05 bits per heavy atom. The molecule has 0 amide bonds. The molecule has 0 unspecified atom stereocenters. The molecule has 0 aliphatic carbocycles. The van der Waals surface area contributed by atoms with E-state index in [1.807, 2.05) is 30.3 Å². The van der Waals surface area contributed by atoms with Crippen LogP contribution in [0.3, 0.4) is 0 Å². The summed E-state index contributed by atoms with van der Waals surface area (Å²) in [5, 5.41) is 19.2. The fourth-order valence-electron chi connectivity index (χ4n) is 6.09. The number of furan rings is 1. The molecule has 0 N–H and O–H groups in total. The standard InChI is InChI=1S/C37H21NO/c38-22-23-7-5-8-26(19-23)27-13-6-14-36-37(27)34-21-25(16-18-35(34)39-36)24-15-17-32-30-11-2-1-9-28(30)29-10-3-4-12-31(29)33(32)20-24/h1-21H. The molecule has 0 saturated carbocycles. The van der Waals surface area contributed by atoms with Crippen LogP contribution in [-0.2, 0) is 0 Å². The molecule has 180 valence electrons. The SMILES string of the molecule is N#Cc1cccc(-c2cccc3oc4ccc(-c5ccc6c7ccccc7c7ccccc7c6c5)cc4c23)c1. The van der Waals surface area contributed by atoms with Gasteiger partial charge in [0.15, 0.2) is 0 Å². The lowest BCUT2D eigenvalue weighted by Gasteiger charge is -2.12. The van der Waals surface area contributed by atoms with Gasteiger partial charge in [0.1, 0.15) is 11.2 Å². The Kier molecular flexibility index (Phi) is 4.62. The normalized spacial score (nSPS) is 11.6. The molecule has 0 radical (unpaired) electrons. The molecule has 0 fully saturated rings. The maximum atomic E-state index is 9.45. The van der Waals surface area contributed by atoms with Crippen molar-refractivity contribution >= 4 is 54.3 Å². The summed E-state index contributed by atoms with van der Waals surface area (Å²) in [6, 6.07) is 46.8. The zero-order valence-corrected chi connectivity index (χ0v) is 21.0. The third-order valence-electron chi connectivity index (χ3n) is 7.88. The van der Waals surface area contributed by atoms with Crippen molar-refractivity contribution in [2.24, 2.45) is 0 Å². The molecule has 1 aromatic heterocycles. The molecule has 0 bridgehead atoms. The van der Waals surface area contributed by atoms with Crippen molar-refractivity contribution in [3.63, 3.8) is 0 Å². The molecule has 8 rings (SSSR count). The topological polar surface area (TPSA) is 36.9 Å². The van der Waals surface area contributed by atoms with Gasteiger partial charge in [0.25, 0.3) is 0 Å². The molecule has 7 aromatic carbocycles. The number of hydrogen-bond acceptors (Lipinski definition) is 2. The molecule has 0 aliphatic rings. The average molecular weight is 496 g/mol. The van der Waals surface area contributed by atoms with Crippen molar-refractivity contribution in [2.45, 2.75) is 0 Å². The summed E-state index contributed by atoms with van der Waals surface area (Å²) in [6.45, 7) is 0. The summed E-state index contributed by atoms with van der Waals surface area (Å²) in [5.74, 6) is 0. The van der Waals surface area contributed by atoms with Crippen molar-refractivity contribution in [2.75, 3.05) is 0 Å². The van der Waals surface area contributed by atoms with Gasteiger partial charge in [-0.2, -0.15) is 5.26 Å². The van der Waals surface area contributed by atoms with Crippen LogP contribution in [0.2, 0.25) is 0 Å². The molecule has 1 heterocycles. The summed E-state index contributed by atoms with van der Waals surface area (Å²) < 4.78 is 6.27. The van der Waals surface area contributed by atoms with E-state index in [0.717, 1.165) is 38.6 Å². The first-order chi connectivity index (χ1) is 19.3. The molecule has 0 atom stereocenters. The van der Waals surface area contributed by atoms with Gasteiger partial charge < -0.3 is 4.42 Å². The van der Waals surface area contributed by atoms with Gasteiger partial charge in [-0.1, -0.05) is 91.0 Å². The van der Waals surface area contributed by atoms with Gasteiger partial charge >= 0.3 is 0 Å². The van der Waals surface area contributed by atoms with Crippen LogP contribution >= 0.6 is 0 Å². The van der Waals surface area contributed by atoms with Gasteiger partial charge in [-0.3, -0.25) is 0 Å². The van der Waals surface area contributed by atoms with Crippen LogP contribution in [0.4, 0.5) is 0 Å². The molecule has 2 heteroatoms. The zero-order chi connectivity index (χ0) is 25.9. The molecule has 0 aliphatic heterocycles. The minimum atomic E-state index is 0.647. The average Bonchev–Trinajstić information content (AvgIpc) is 3.39. The van der Waals surface area contributed by atoms with Crippen molar-refractivity contribution in [1.29, 1.82) is 5.26 Å². The fourth-order valence-corrected chi connectivity index (χ4v) is 6.09. The molecule has 2 nitrogen and oxygen atoms in total. The zero-order valence-electron chi connectivity index (χ0n) is 21.0. The first-order valence-electron chi connectivity index (χ1n) is 13.1. The van der Waals surface area contributed by atoms with Gasteiger partial charge in [0, 0.05) is 10.8 Å². The Hall–Kier alpha value is -5.39. The molecule has 0 saturated heterocycles. The maximum Gasteiger partial charge on any atom is 0.136 e. The van der Waals surface area contributed by atoms with Gasteiger partial charge in [-0.25, -0.2) is 0 Å². The van der Waals surface area contributed by atoms with Gasteiger partial charge in [0.2, 0.25) is 0 Å². The second-order valence-electron chi connectivity index (χ2n) is 10.0. The van der Waals surface area contributed by atoms with Crippen LogP contribution in [0.25, 0.3) is 76.5 Å². The van der Waals surface area contributed by atoms with Crippen LogP contribution in [0, 0.1) is 11.3 Å². The van der Waals surface area contributed by atoms with E-state index in [1.54, 1.807) is 0 Å². The van der Waals surface area contributed by atoms with Crippen LogP contribution in [-0.4, -0.2) is 0 Å². The maximum absolute atomic E-state index is 9.45. The van der Waals surface area contributed by atoms with Gasteiger partial charge in [-0.15, -0.1) is 0 Å². The molecule has 8 aromatic rings. The Morgan fingerprint density at radius 3 is 1.77 bits per heavy atom. The van der Waals surface area contributed by atoms with E-state index < -0.39 is 0 Å². The summed E-state index contributed by atoms with van der Waals surface area (Å²) in [7, 11) is 0. The Morgan fingerprint density at radius 1 is 0.436 bits per heavy atom. The smallest absolute Gasteiger partial charge is 0.136 e. The van der Waals surface area contributed by atoms with Crippen LogP contribution in [0.15, 0.2) is 132 Å². The quantitative estimate of drug-likeness (QED) is 0.224. The Balaban J connectivity index is 1.38. The third kappa shape index (κ3) is 3.27. The summed E-state index contributed by atoms with van der Waals surface area (Å²) in [4.78, 5) is 0. The van der Waals surface area contributed by atoms with Crippen LogP contribution < -0.4 is 0 Å². The minimum Gasteiger partial charge on any atom is -0.456 e. The highest BCUT2D eigenvalue weighted by molar-refractivity contribution is 6.25. The highest BCUT2D eigenvalue weighted by Gasteiger charge is 2.15. The van der Waals surface area contributed by atoms with Crippen molar-refractivity contribution in [3.05, 3.63) is 133 Å². The lowest BCUT2D eigenvalue weighted by Crippen LogP contribution is -1.85. The second-order valence-corrected chi connectivity index (χ2v) is 10.0. The first-order valence-corrected chi connectivity index (χ1v) is 13.1. The van der Waals surface area contributed by atoms with E-state index in [-0.39, 0.29) is 0 Å².